The van der Waals surface area contributed by atoms with Crippen molar-refractivity contribution in [3.8, 4) is 17.6 Å². The fraction of sp³-hybridized carbons (Fsp3) is 0.318. The van der Waals surface area contributed by atoms with Crippen LogP contribution in [0, 0.1) is 17.8 Å². The van der Waals surface area contributed by atoms with E-state index in [1.54, 1.807) is 7.11 Å². The molecule has 154 valence electrons. The Morgan fingerprint density at radius 3 is 2.41 bits per heavy atom. The third-order valence-corrected chi connectivity index (χ3v) is 4.19. The van der Waals surface area contributed by atoms with E-state index in [0.717, 1.165) is 23.4 Å². The average Bonchev–Trinajstić information content (AvgIpc) is 2.69. The number of carbonyl (C=O) groups excluding carboxylic acids is 1. The third-order valence-electron chi connectivity index (χ3n) is 4.19. The van der Waals surface area contributed by atoms with Crippen molar-refractivity contribution < 1.29 is 22.7 Å². The zero-order chi connectivity index (χ0) is 21.4. The van der Waals surface area contributed by atoms with Crippen molar-refractivity contribution in [2.45, 2.75) is 26.1 Å². The van der Waals surface area contributed by atoms with Gasteiger partial charge in [0.2, 0.25) is 0 Å². The van der Waals surface area contributed by atoms with Crippen molar-refractivity contribution in [1.29, 1.82) is 0 Å². The van der Waals surface area contributed by atoms with Crippen LogP contribution in [0.1, 0.15) is 36.6 Å². The molecule has 0 fully saturated rings. The Labute approximate surface area is 168 Å². The molecule has 1 unspecified atom stereocenters. The van der Waals surface area contributed by atoms with Crippen LogP contribution >= 0.6 is 0 Å². The van der Waals surface area contributed by atoms with Crippen molar-refractivity contribution in [2.24, 2.45) is 5.92 Å². The quantitative estimate of drug-likeness (QED) is 0.706. The van der Waals surface area contributed by atoms with E-state index in [2.05, 4.69) is 22.5 Å². The Balaban J connectivity index is 1.94. The fourth-order valence-electron chi connectivity index (χ4n) is 2.68. The molecule has 0 spiro atoms. The number of nitrogens with one attached hydrogen (secondary N) is 2. The maximum atomic E-state index is 12.7. The Hall–Kier alpha value is -3.14. The Morgan fingerprint density at radius 2 is 1.83 bits per heavy atom. The molecule has 7 heteroatoms. The highest BCUT2D eigenvalue weighted by atomic mass is 19.4. The fourth-order valence-corrected chi connectivity index (χ4v) is 2.68. The molecular formula is C22H23F3N2O2. The summed E-state index contributed by atoms with van der Waals surface area (Å²) in [6.07, 6.45) is -4.41. The van der Waals surface area contributed by atoms with Crippen LogP contribution in [0.3, 0.4) is 0 Å². The topological polar surface area (TPSA) is 50.4 Å². The molecule has 2 N–H and O–H groups in total. The largest absolute Gasteiger partial charge is 0.497 e. The van der Waals surface area contributed by atoms with Gasteiger partial charge in [-0.05, 0) is 41.8 Å². The van der Waals surface area contributed by atoms with Gasteiger partial charge in [-0.15, -0.1) is 0 Å². The van der Waals surface area contributed by atoms with E-state index in [1.165, 1.54) is 12.1 Å². The second-order valence-corrected chi connectivity index (χ2v) is 6.70. The van der Waals surface area contributed by atoms with Gasteiger partial charge in [-0.25, -0.2) is 4.79 Å². The summed E-state index contributed by atoms with van der Waals surface area (Å²) in [6, 6.07) is 11.6. The van der Waals surface area contributed by atoms with E-state index in [4.69, 9.17) is 4.74 Å². The number of hydrogen-bond acceptors (Lipinski definition) is 2. The molecule has 2 aromatic rings. The van der Waals surface area contributed by atoms with Crippen LogP contribution in [0.15, 0.2) is 48.5 Å². The number of amides is 2. The van der Waals surface area contributed by atoms with Gasteiger partial charge in [0.15, 0.2) is 0 Å². The number of ether oxygens (including phenoxy) is 1. The first-order chi connectivity index (χ1) is 13.7. The molecule has 0 aromatic heterocycles. The minimum Gasteiger partial charge on any atom is -0.497 e. The van der Waals surface area contributed by atoms with Crippen molar-refractivity contribution in [3.63, 3.8) is 0 Å². The van der Waals surface area contributed by atoms with Gasteiger partial charge in [-0.2, -0.15) is 13.2 Å². The molecule has 1 atom stereocenters. The molecule has 0 radical (unpaired) electrons. The number of methoxy groups -OCH3 is 1. The number of halogens is 3. The number of urea groups is 1. The van der Waals surface area contributed by atoms with Gasteiger partial charge in [0.1, 0.15) is 5.75 Å². The zero-order valence-corrected chi connectivity index (χ0v) is 16.4. The summed E-state index contributed by atoms with van der Waals surface area (Å²) in [4.78, 5) is 12.2. The number of alkyl halides is 3. The lowest BCUT2D eigenvalue weighted by molar-refractivity contribution is -0.137. The minimum atomic E-state index is -4.41. The molecule has 0 aliphatic carbocycles. The molecule has 0 bridgehead atoms. The van der Waals surface area contributed by atoms with Crippen molar-refractivity contribution in [1.82, 2.24) is 10.6 Å². The molecule has 2 amide bonds. The van der Waals surface area contributed by atoms with Crippen LogP contribution < -0.4 is 15.4 Å². The van der Waals surface area contributed by atoms with Crippen molar-refractivity contribution >= 4 is 6.03 Å². The highest BCUT2D eigenvalue weighted by Crippen LogP contribution is 2.29. The van der Waals surface area contributed by atoms with Crippen LogP contribution in [0.2, 0.25) is 0 Å². The highest BCUT2D eigenvalue weighted by molar-refractivity contribution is 5.74. The molecule has 0 aliphatic rings. The maximum Gasteiger partial charge on any atom is 0.416 e. The van der Waals surface area contributed by atoms with Crippen LogP contribution in [-0.2, 0) is 6.18 Å². The number of rotatable bonds is 5. The van der Waals surface area contributed by atoms with Gasteiger partial charge < -0.3 is 15.4 Å². The SMILES string of the molecule is COc1ccc(C(NC(=O)NCC#Cc2cccc(C(F)(F)F)c2)C(C)C)cc1. The Kier molecular flexibility index (Phi) is 7.54. The lowest BCUT2D eigenvalue weighted by Gasteiger charge is -2.23. The van der Waals surface area contributed by atoms with Gasteiger partial charge in [-0.1, -0.05) is 43.9 Å². The summed E-state index contributed by atoms with van der Waals surface area (Å²) < 4.78 is 43.3. The predicted octanol–water partition coefficient (Wildman–Crippen LogP) is 4.76. The summed E-state index contributed by atoms with van der Waals surface area (Å²) >= 11 is 0. The van der Waals surface area contributed by atoms with Crippen molar-refractivity contribution in [2.75, 3.05) is 13.7 Å². The monoisotopic (exact) mass is 404 g/mol. The van der Waals surface area contributed by atoms with Crippen LogP contribution in [0.25, 0.3) is 0 Å². The van der Waals surface area contributed by atoms with E-state index in [9.17, 15) is 18.0 Å². The number of benzene rings is 2. The number of carbonyl (C=O) groups is 1. The van der Waals surface area contributed by atoms with E-state index >= 15 is 0 Å². The minimum absolute atomic E-state index is 0.00943. The van der Waals surface area contributed by atoms with Gasteiger partial charge in [-0.3, -0.25) is 0 Å². The standard InChI is InChI=1S/C22H23F3N2O2/c1-15(2)20(17-9-11-19(29-3)12-10-17)27-21(28)26-13-5-7-16-6-4-8-18(14-16)22(23,24)25/h4,6,8-12,14-15,20H,13H2,1-3H3,(H2,26,27,28). The Morgan fingerprint density at radius 1 is 1.14 bits per heavy atom. The summed E-state index contributed by atoms with van der Waals surface area (Å²) in [5.74, 6) is 6.16. The van der Waals surface area contributed by atoms with Gasteiger partial charge in [0.05, 0.1) is 25.3 Å². The first kappa shape index (κ1) is 22.2. The smallest absolute Gasteiger partial charge is 0.416 e. The molecule has 0 aliphatic heterocycles. The van der Waals surface area contributed by atoms with E-state index in [1.807, 2.05) is 38.1 Å². The molecule has 4 nitrogen and oxygen atoms in total. The van der Waals surface area contributed by atoms with E-state index in [0.29, 0.717) is 0 Å². The van der Waals surface area contributed by atoms with E-state index < -0.39 is 17.8 Å². The molecule has 29 heavy (non-hydrogen) atoms. The molecule has 0 heterocycles. The van der Waals surface area contributed by atoms with Crippen molar-refractivity contribution in [3.05, 3.63) is 65.2 Å². The van der Waals surface area contributed by atoms with Gasteiger partial charge in [0, 0.05) is 5.56 Å². The molecule has 0 saturated heterocycles. The molecule has 0 saturated carbocycles. The Bertz CT molecular complexity index is 881. The van der Waals surface area contributed by atoms with E-state index in [-0.39, 0.29) is 24.1 Å². The molecule has 2 rings (SSSR count). The second-order valence-electron chi connectivity index (χ2n) is 6.70. The normalized spacial score (nSPS) is 12.0. The lowest BCUT2D eigenvalue weighted by atomic mass is 9.96. The second kappa shape index (κ2) is 9.87. The lowest BCUT2D eigenvalue weighted by Crippen LogP contribution is -2.39. The highest BCUT2D eigenvalue weighted by Gasteiger charge is 2.30. The number of hydrogen-bond donors (Lipinski definition) is 2. The average molecular weight is 404 g/mol. The first-order valence-electron chi connectivity index (χ1n) is 9.05. The molecular weight excluding hydrogens is 381 g/mol. The van der Waals surface area contributed by atoms with Gasteiger partial charge >= 0.3 is 12.2 Å². The summed E-state index contributed by atoms with van der Waals surface area (Å²) in [5, 5.41) is 5.50. The zero-order valence-electron chi connectivity index (χ0n) is 16.4. The third kappa shape index (κ3) is 6.75. The summed E-state index contributed by atoms with van der Waals surface area (Å²) in [7, 11) is 1.58. The molecule has 2 aromatic carbocycles. The van der Waals surface area contributed by atoms with Crippen LogP contribution in [-0.4, -0.2) is 19.7 Å². The predicted molar refractivity (Wildman–Crippen MR) is 105 cm³/mol. The van der Waals surface area contributed by atoms with Gasteiger partial charge in [0.25, 0.3) is 0 Å². The van der Waals surface area contributed by atoms with Crippen LogP contribution in [0.5, 0.6) is 5.75 Å². The summed E-state index contributed by atoms with van der Waals surface area (Å²) in [6.45, 7) is 3.99. The summed E-state index contributed by atoms with van der Waals surface area (Å²) in [5.41, 5.74) is 0.417. The maximum absolute atomic E-state index is 12.7. The first-order valence-corrected chi connectivity index (χ1v) is 9.05. The van der Waals surface area contributed by atoms with Crippen LogP contribution in [0.4, 0.5) is 18.0 Å².